The number of rotatable bonds is 2. The molecule has 7 heteroatoms. The molecule has 0 unspecified atom stereocenters. The number of carbonyl (C=O) groups excluding carboxylic acids is 2. The van der Waals surface area contributed by atoms with Crippen LogP contribution in [0.5, 0.6) is 0 Å². The van der Waals surface area contributed by atoms with Gasteiger partial charge >= 0.3 is 0 Å². The van der Waals surface area contributed by atoms with Crippen LogP contribution in [0.2, 0.25) is 0 Å². The fourth-order valence-corrected chi connectivity index (χ4v) is 3.87. The molecule has 2 aromatic carbocycles. The van der Waals surface area contributed by atoms with E-state index in [9.17, 15) is 9.59 Å². The lowest BCUT2D eigenvalue weighted by atomic mass is 10.1. The van der Waals surface area contributed by atoms with Crippen molar-refractivity contribution < 1.29 is 9.59 Å². The summed E-state index contributed by atoms with van der Waals surface area (Å²) in [4.78, 5) is 27.7. The van der Waals surface area contributed by atoms with E-state index in [0.29, 0.717) is 23.5 Å². The van der Waals surface area contributed by atoms with Gasteiger partial charge in [0.05, 0.1) is 11.4 Å². The lowest BCUT2D eigenvalue weighted by molar-refractivity contribution is -0.112. The van der Waals surface area contributed by atoms with Gasteiger partial charge in [0, 0.05) is 22.7 Å². The minimum Gasteiger partial charge on any atom is -0.350 e. The molecule has 2 aliphatic rings. The van der Waals surface area contributed by atoms with E-state index in [-0.39, 0.29) is 11.8 Å². The zero-order valence-electron chi connectivity index (χ0n) is 14.0. The molecule has 0 radical (unpaired) electrons. The zero-order valence-corrected chi connectivity index (χ0v) is 15.6. The van der Waals surface area contributed by atoms with E-state index in [0.717, 1.165) is 28.3 Å². The van der Waals surface area contributed by atoms with Crippen molar-refractivity contribution >= 4 is 50.5 Å². The summed E-state index contributed by atoms with van der Waals surface area (Å²) in [6.45, 7) is 2.43. The Morgan fingerprint density at radius 2 is 2.04 bits per heavy atom. The van der Waals surface area contributed by atoms with Gasteiger partial charge in [0.25, 0.3) is 11.8 Å². The molecular formula is C19H16ClN3O2S. The molecule has 132 valence electrons. The molecule has 2 amide bonds. The first kappa shape index (κ1) is 17.0. The van der Waals surface area contributed by atoms with Gasteiger partial charge in [-0.1, -0.05) is 6.08 Å². The number of hydrogen-bond donors (Lipinski definition) is 2. The van der Waals surface area contributed by atoms with Crippen molar-refractivity contribution in [1.29, 1.82) is 0 Å². The lowest BCUT2D eigenvalue weighted by Gasteiger charge is -2.23. The summed E-state index contributed by atoms with van der Waals surface area (Å²) in [7, 11) is 7.00. The number of benzene rings is 2. The van der Waals surface area contributed by atoms with Crippen LogP contribution in [-0.4, -0.2) is 18.4 Å². The Hall–Kier alpha value is -2.44. The zero-order chi connectivity index (χ0) is 18.3. The average molecular weight is 386 g/mol. The summed E-state index contributed by atoms with van der Waals surface area (Å²) in [6, 6.07) is 11.2. The number of allylic oxidation sites excluding steroid dienone is 1. The molecule has 2 N–H and O–H groups in total. The molecule has 2 heterocycles. The summed E-state index contributed by atoms with van der Waals surface area (Å²) in [5.41, 5.74) is 4.49. The van der Waals surface area contributed by atoms with E-state index in [1.807, 2.05) is 18.2 Å². The second-order valence-electron chi connectivity index (χ2n) is 6.12. The van der Waals surface area contributed by atoms with E-state index in [1.165, 1.54) is 11.0 Å². The van der Waals surface area contributed by atoms with Gasteiger partial charge in [0.1, 0.15) is 5.70 Å². The van der Waals surface area contributed by atoms with Gasteiger partial charge in [-0.2, -0.15) is 0 Å². The van der Waals surface area contributed by atoms with Gasteiger partial charge in [0.15, 0.2) is 0 Å². The van der Waals surface area contributed by atoms with Crippen molar-refractivity contribution in [2.24, 2.45) is 0 Å². The molecule has 0 atom stereocenters. The van der Waals surface area contributed by atoms with Crippen molar-refractivity contribution in [3.8, 4) is 0 Å². The van der Waals surface area contributed by atoms with Crippen molar-refractivity contribution in [3.63, 3.8) is 0 Å². The maximum atomic E-state index is 13.0. The number of hydrogen-bond acceptors (Lipinski definition) is 4. The minimum atomic E-state index is -0.180. The summed E-state index contributed by atoms with van der Waals surface area (Å²) < 4.78 is 0. The Labute approximate surface area is 159 Å². The van der Waals surface area contributed by atoms with E-state index < -0.39 is 0 Å². The Kier molecular flexibility index (Phi) is 4.38. The van der Waals surface area contributed by atoms with E-state index in [4.69, 9.17) is 10.7 Å². The van der Waals surface area contributed by atoms with Crippen molar-refractivity contribution in [1.82, 2.24) is 0 Å². The Morgan fingerprint density at radius 1 is 1.19 bits per heavy atom. The second kappa shape index (κ2) is 6.70. The van der Waals surface area contributed by atoms with Crippen LogP contribution >= 0.6 is 21.7 Å². The molecular weight excluding hydrogens is 370 g/mol. The van der Waals surface area contributed by atoms with Crippen molar-refractivity contribution in [2.75, 3.05) is 22.1 Å². The van der Waals surface area contributed by atoms with Crippen LogP contribution in [0.4, 0.5) is 17.1 Å². The fourth-order valence-electron chi connectivity index (χ4n) is 3.28. The van der Waals surface area contributed by atoms with Crippen LogP contribution in [0.1, 0.15) is 22.8 Å². The molecule has 5 nitrogen and oxygen atoms in total. The Morgan fingerprint density at radius 3 is 2.81 bits per heavy atom. The quantitative estimate of drug-likeness (QED) is 0.752. The fraction of sp³-hybridized carbons (Fsp3) is 0.158. The van der Waals surface area contributed by atoms with Crippen LogP contribution in [0, 0.1) is 0 Å². The van der Waals surface area contributed by atoms with Crippen molar-refractivity contribution in [3.05, 3.63) is 59.3 Å². The van der Waals surface area contributed by atoms with Crippen molar-refractivity contribution in [2.45, 2.75) is 18.2 Å². The van der Waals surface area contributed by atoms with Crippen LogP contribution in [-0.2, 0) is 11.2 Å². The van der Waals surface area contributed by atoms with Crippen LogP contribution in [0.15, 0.2) is 53.1 Å². The molecule has 0 spiro atoms. The minimum absolute atomic E-state index is 0.0569. The van der Waals surface area contributed by atoms with E-state index in [1.54, 1.807) is 36.1 Å². The number of amides is 2. The first-order valence-corrected chi connectivity index (χ1v) is 9.87. The molecule has 0 saturated heterocycles. The van der Waals surface area contributed by atoms with Crippen LogP contribution in [0.3, 0.4) is 0 Å². The summed E-state index contributed by atoms with van der Waals surface area (Å²) in [5, 5.41) is 5.89. The summed E-state index contributed by atoms with van der Waals surface area (Å²) >= 11 is 0. The average Bonchev–Trinajstić information content (AvgIpc) is 3.09. The number of fused-ring (bicyclic) bond motifs is 2. The molecule has 0 fully saturated rings. The van der Waals surface area contributed by atoms with Crippen LogP contribution < -0.4 is 15.5 Å². The second-order valence-corrected chi connectivity index (χ2v) is 7.20. The molecule has 2 aromatic rings. The standard InChI is InChI=1S/C19H16ClN3O2S/c1-2-14-18(24)22-15-5-3-12(10-16(15)21-14)19(25)23-8-7-11-9-13(26-20)4-6-17(11)23/h2-6,9-10,21H,7-8H2,1H3,(H,22,24)/b14-2+. The largest absolute Gasteiger partial charge is 0.350 e. The van der Waals surface area contributed by atoms with E-state index >= 15 is 0 Å². The highest BCUT2D eigenvalue weighted by molar-refractivity contribution is 8.21. The highest BCUT2D eigenvalue weighted by Crippen LogP contribution is 2.35. The smallest absolute Gasteiger partial charge is 0.271 e. The monoisotopic (exact) mass is 385 g/mol. The number of carbonyl (C=O) groups is 2. The third-order valence-corrected chi connectivity index (χ3v) is 5.56. The third-order valence-electron chi connectivity index (χ3n) is 4.60. The molecule has 0 saturated carbocycles. The summed E-state index contributed by atoms with van der Waals surface area (Å²) in [5.74, 6) is -0.237. The van der Waals surface area contributed by atoms with E-state index in [2.05, 4.69) is 10.6 Å². The van der Waals surface area contributed by atoms with Crippen LogP contribution in [0.25, 0.3) is 0 Å². The van der Waals surface area contributed by atoms with Gasteiger partial charge in [-0.05, 0) is 77.0 Å². The number of halogens is 1. The van der Waals surface area contributed by atoms with Gasteiger partial charge < -0.3 is 15.5 Å². The SMILES string of the molecule is C/C=C1/Nc2cc(C(=O)N3CCc4cc(SCl)ccc43)ccc2NC1=O. The number of nitrogens with zero attached hydrogens (tertiary/aromatic N) is 1. The molecule has 4 rings (SSSR count). The predicted octanol–water partition coefficient (Wildman–Crippen LogP) is 4.40. The normalized spacial score (nSPS) is 16.8. The number of nitrogens with one attached hydrogen (secondary N) is 2. The summed E-state index contributed by atoms with van der Waals surface area (Å²) in [6.07, 6.45) is 2.52. The first-order chi connectivity index (χ1) is 12.6. The molecule has 0 aliphatic carbocycles. The molecule has 26 heavy (non-hydrogen) atoms. The van der Waals surface area contributed by atoms with Gasteiger partial charge in [-0.15, -0.1) is 0 Å². The molecule has 0 bridgehead atoms. The van der Waals surface area contributed by atoms with Gasteiger partial charge in [-0.3, -0.25) is 9.59 Å². The maximum Gasteiger partial charge on any atom is 0.271 e. The number of anilines is 3. The lowest BCUT2D eigenvalue weighted by Crippen LogP contribution is -2.30. The maximum absolute atomic E-state index is 13.0. The highest BCUT2D eigenvalue weighted by atomic mass is 35.7. The predicted molar refractivity (Wildman–Crippen MR) is 106 cm³/mol. The van der Waals surface area contributed by atoms with Gasteiger partial charge in [-0.25, -0.2) is 0 Å². The third kappa shape index (κ3) is 2.85. The van der Waals surface area contributed by atoms with Gasteiger partial charge in [0.2, 0.25) is 0 Å². The Bertz CT molecular complexity index is 958. The Balaban J connectivity index is 1.64. The highest BCUT2D eigenvalue weighted by Gasteiger charge is 2.27. The molecule has 0 aromatic heterocycles. The topological polar surface area (TPSA) is 61.4 Å². The molecule has 2 aliphatic heterocycles. The first-order valence-electron chi connectivity index (χ1n) is 8.23.